The molecule has 0 aliphatic carbocycles. The lowest BCUT2D eigenvalue weighted by Gasteiger charge is -2.37. The Labute approximate surface area is 175 Å². The number of H-pyrrole nitrogens is 1. The number of hydrogen-bond acceptors (Lipinski definition) is 7. The lowest BCUT2D eigenvalue weighted by molar-refractivity contribution is -0.199. The highest BCUT2D eigenvalue weighted by atomic mass is 28.4. The van der Waals surface area contributed by atoms with Crippen LogP contribution in [0.25, 0.3) is 10.4 Å². The predicted molar refractivity (Wildman–Crippen MR) is 111 cm³/mol. The number of rotatable bonds is 5. The van der Waals surface area contributed by atoms with Gasteiger partial charge in [0.05, 0.1) is 6.61 Å². The maximum atomic E-state index is 12.6. The van der Waals surface area contributed by atoms with Crippen molar-refractivity contribution in [2.24, 2.45) is 5.11 Å². The van der Waals surface area contributed by atoms with Gasteiger partial charge in [-0.25, -0.2) is 4.79 Å². The molecule has 4 atom stereocenters. The Bertz CT molecular complexity index is 975. The second-order valence-electron chi connectivity index (χ2n) is 9.56. The van der Waals surface area contributed by atoms with Gasteiger partial charge in [-0.05, 0) is 42.6 Å². The van der Waals surface area contributed by atoms with Gasteiger partial charge in [-0.1, -0.05) is 20.8 Å². The number of ether oxygens (including phenoxy) is 3. The summed E-state index contributed by atoms with van der Waals surface area (Å²) in [5.74, 6) is -1.05. The minimum absolute atomic E-state index is 0.0151. The Balaban J connectivity index is 1.96. The van der Waals surface area contributed by atoms with Gasteiger partial charge in [-0.3, -0.25) is 14.3 Å². The van der Waals surface area contributed by atoms with Gasteiger partial charge in [-0.2, -0.15) is 0 Å². The zero-order chi connectivity index (χ0) is 22.5. The van der Waals surface area contributed by atoms with Crippen molar-refractivity contribution in [1.82, 2.24) is 9.55 Å². The van der Waals surface area contributed by atoms with Gasteiger partial charge < -0.3 is 18.6 Å². The van der Waals surface area contributed by atoms with E-state index >= 15 is 0 Å². The van der Waals surface area contributed by atoms with Gasteiger partial charge in [0.15, 0.2) is 20.3 Å². The standard InChI is InChI=1S/C18H29N5O6Si/c1-17(2,3)30(6,7)26-9-10-13-14(29-18(4,5)28-13)15(27-10)23-11(21-22-19)8-12(24)20-16(23)25/h8,10,13-15H,9H2,1-7H3,(H,20,24,25)/t10-,13-,14-,15-/m1/s1. The first-order chi connectivity index (χ1) is 13.8. The first kappa shape index (κ1) is 22.7. The van der Waals surface area contributed by atoms with E-state index in [9.17, 15) is 9.59 Å². The normalized spacial score (nSPS) is 28.2. The van der Waals surface area contributed by atoms with Crippen molar-refractivity contribution in [3.63, 3.8) is 0 Å². The minimum atomic E-state index is -2.05. The molecule has 0 spiro atoms. The fourth-order valence-electron chi connectivity index (χ4n) is 3.37. The maximum absolute atomic E-state index is 12.6. The van der Waals surface area contributed by atoms with Gasteiger partial charge in [-0.15, -0.1) is 0 Å². The van der Waals surface area contributed by atoms with Crippen molar-refractivity contribution in [3.05, 3.63) is 37.3 Å². The van der Waals surface area contributed by atoms with E-state index in [1.807, 2.05) is 0 Å². The molecule has 0 amide bonds. The van der Waals surface area contributed by atoms with Crippen LogP contribution >= 0.6 is 0 Å². The molecule has 11 nitrogen and oxygen atoms in total. The zero-order valence-corrected chi connectivity index (χ0v) is 19.3. The van der Waals surface area contributed by atoms with E-state index < -0.39 is 49.9 Å². The molecular weight excluding hydrogens is 410 g/mol. The molecule has 1 aromatic heterocycles. The Kier molecular flexibility index (Phi) is 5.78. The Morgan fingerprint density at radius 3 is 2.53 bits per heavy atom. The Hall–Kier alpha value is -1.95. The van der Waals surface area contributed by atoms with Crippen molar-refractivity contribution in [2.75, 3.05) is 6.61 Å². The number of fused-ring (bicyclic) bond motifs is 1. The molecular formula is C18H29N5O6Si. The van der Waals surface area contributed by atoms with Gasteiger partial charge in [0, 0.05) is 11.0 Å². The molecule has 1 N–H and O–H groups in total. The molecule has 2 fully saturated rings. The maximum Gasteiger partial charge on any atom is 0.330 e. The molecule has 2 saturated heterocycles. The van der Waals surface area contributed by atoms with Crippen LogP contribution in [0.5, 0.6) is 0 Å². The fraction of sp³-hybridized carbons (Fsp3) is 0.778. The molecule has 0 radical (unpaired) electrons. The predicted octanol–water partition coefficient (Wildman–Crippen LogP) is 2.92. The van der Waals surface area contributed by atoms with Crippen LogP contribution in [0.15, 0.2) is 20.8 Å². The van der Waals surface area contributed by atoms with E-state index in [2.05, 4.69) is 48.9 Å². The molecule has 0 aromatic carbocycles. The first-order valence-electron chi connectivity index (χ1n) is 9.82. The summed E-state index contributed by atoms with van der Waals surface area (Å²) in [6.07, 6.45) is -2.60. The average Bonchev–Trinajstić information content (AvgIpc) is 3.05. The number of azide groups is 1. The van der Waals surface area contributed by atoms with Crippen LogP contribution in [0.1, 0.15) is 40.8 Å². The summed E-state index contributed by atoms with van der Waals surface area (Å²) in [5.41, 5.74) is 7.43. The van der Waals surface area contributed by atoms with Crippen LogP contribution in [-0.4, -0.2) is 48.6 Å². The summed E-state index contributed by atoms with van der Waals surface area (Å²) in [7, 11) is -2.05. The molecule has 3 rings (SSSR count). The minimum Gasteiger partial charge on any atom is -0.414 e. The lowest BCUT2D eigenvalue weighted by atomic mass is 10.1. The summed E-state index contributed by atoms with van der Waals surface area (Å²) in [4.78, 5) is 29.1. The van der Waals surface area contributed by atoms with Crippen LogP contribution in [0.3, 0.4) is 0 Å². The molecule has 2 aliphatic rings. The van der Waals surface area contributed by atoms with E-state index in [0.29, 0.717) is 0 Å². The molecule has 0 unspecified atom stereocenters. The summed E-state index contributed by atoms with van der Waals surface area (Å²) in [6.45, 7) is 14.5. The Morgan fingerprint density at radius 1 is 1.30 bits per heavy atom. The highest BCUT2D eigenvalue weighted by molar-refractivity contribution is 6.74. The van der Waals surface area contributed by atoms with Gasteiger partial charge in [0.2, 0.25) is 0 Å². The summed E-state index contributed by atoms with van der Waals surface area (Å²) >= 11 is 0. The SMILES string of the molecule is CC1(C)O[C@@H]2[C@H](O1)[C@@H](CO[Si](C)(C)C(C)(C)C)O[C@H]2n1c(N=[N+]=[N-])cc(=O)[nH]c1=O. The van der Waals surface area contributed by atoms with Gasteiger partial charge in [0.25, 0.3) is 5.56 Å². The van der Waals surface area contributed by atoms with E-state index in [4.69, 9.17) is 24.2 Å². The molecule has 0 saturated carbocycles. The van der Waals surface area contributed by atoms with Crippen molar-refractivity contribution in [1.29, 1.82) is 0 Å². The average molecular weight is 440 g/mol. The van der Waals surface area contributed by atoms with Gasteiger partial charge >= 0.3 is 5.69 Å². The molecule has 166 valence electrons. The number of aromatic amines is 1. The lowest BCUT2D eigenvalue weighted by Crippen LogP contribution is -2.44. The van der Waals surface area contributed by atoms with Crippen LogP contribution < -0.4 is 11.2 Å². The van der Waals surface area contributed by atoms with Crippen LogP contribution in [-0.2, 0) is 18.6 Å². The molecule has 2 aliphatic heterocycles. The number of nitrogens with zero attached hydrogens (tertiary/aromatic N) is 4. The van der Waals surface area contributed by atoms with Gasteiger partial charge in [0.1, 0.15) is 24.1 Å². The molecule has 30 heavy (non-hydrogen) atoms. The largest absolute Gasteiger partial charge is 0.414 e. The van der Waals surface area contributed by atoms with E-state index in [1.54, 1.807) is 13.8 Å². The van der Waals surface area contributed by atoms with Crippen LogP contribution in [0, 0.1) is 0 Å². The third-order valence-corrected chi connectivity index (χ3v) is 10.4. The number of aromatic nitrogens is 2. The highest BCUT2D eigenvalue weighted by Gasteiger charge is 2.57. The molecule has 1 aromatic rings. The summed E-state index contributed by atoms with van der Waals surface area (Å²) in [5, 5.41) is 3.50. The summed E-state index contributed by atoms with van der Waals surface area (Å²) in [6, 6.07) is 1.04. The van der Waals surface area contributed by atoms with Crippen LogP contribution in [0.2, 0.25) is 18.1 Å². The van der Waals surface area contributed by atoms with Crippen molar-refractivity contribution < 1.29 is 18.6 Å². The molecule has 0 bridgehead atoms. The van der Waals surface area contributed by atoms with Crippen LogP contribution in [0.4, 0.5) is 5.82 Å². The topological polar surface area (TPSA) is 141 Å². The fourth-order valence-corrected chi connectivity index (χ4v) is 4.38. The van der Waals surface area contributed by atoms with Crippen molar-refractivity contribution >= 4 is 14.1 Å². The third-order valence-electron chi connectivity index (χ3n) is 5.90. The molecule has 12 heteroatoms. The highest BCUT2D eigenvalue weighted by Crippen LogP contribution is 2.44. The first-order valence-corrected chi connectivity index (χ1v) is 12.7. The summed E-state index contributed by atoms with van der Waals surface area (Å²) < 4.78 is 25.6. The zero-order valence-electron chi connectivity index (χ0n) is 18.3. The van der Waals surface area contributed by atoms with Crippen molar-refractivity contribution in [2.45, 2.75) is 83.1 Å². The Morgan fingerprint density at radius 2 is 1.93 bits per heavy atom. The number of nitrogens with one attached hydrogen (secondary N) is 1. The quantitative estimate of drug-likeness (QED) is 0.324. The van der Waals surface area contributed by atoms with Crippen molar-refractivity contribution in [3.8, 4) is 0 Å². The van der Waals surface area contributed by atoms with E-state index in [0.717, 1.165) is 10.6 Å². The monoisotopic (exact) mass is 439 g/mol. The van der Waals surface area contributed by atoms with E-state index in [1.165, 1.54) is 0 Å². The molecule has 3 heterocycles. The smallest absolute Gasteiger partial charge is 0.330 e. The second kappa shape index (κ2) is 7.63. The van der Waals surface area contributed by atoms with E-state index in [-0.39, 0.29) is 17.5 Å². The third kappa shape index (κ3) is 4.24. The second-order valence-corrected chi connectivity index (χ2v) is 14.4. The number of hydrogen-bond donors (Lipinski definition) is 1.